The summed E-state index contributed by atoms with van der Waals surface area (Å²) in [6, 6.07) is 4.99. The zero-order chi connectivity index (χ0) is 11.3. The average Bonchev–Trinajstić information content (AvgIpc) is 2.20. The lowest BCUT2D eigenvalue weighted by Crippen LogP contribution is -2.02. The quantitative estimate of drug-likeness (QED) is 0.811. The second-order valence-corrected chi connectivity index (χ2v) is 3.01. The minimum absolute atomic E-state index is 0.0635. The van der Waals surface area contributed by atoms with Crippen molar-refractivity contribution < 1.29 is 19.0 Å². The third-order valence-electron chi connectivity index (χ3n) is 1.96. The van der Waals surface area contributed by atoms with Crippen LogP contribution in [0.1, 0.15) is 18.1 Å². The van der Waals surface area contributed by atoms with Crippen LogP contribution < -0.4 is 0 Å². The van der Waals surface area contributed by atoms with Crippen LogP contribution in [0, 0.1) is 12.4 Å². The molecule has 0 heterocycles. The van der Waals surface area contributed by atoms with Gasteiger partial charge in [0.05, 0.1) is 6.61 Å². The van der Waals surface area contributed by atoms with E-state index in [1.54, 1.807) is 18.2 Å². The van der Waals surface area contributed by atoms with Gasteiger partial charge < -0.3 is 9.84 Å². The predicted octanol–water partition coefficient (Wildman–Crippen LogP) is 2.15. The molecular weight excluding hydrogens is 199 g/mol. The number of carbonyl (C=O) groups is 1. The molecule has 1 rings (SSSR count). The van der Waals surface area contributed by atoms with Crippen molar-refractivity contribution in [2.75, 3.05) is 0 Å². The monoisotopic (exact) mass is 211 g/mol. The normalized spacial score (nSPS) is 10.3. The fraction of sp³-hybridized carbons (Fsp3) is 0.273. The highest BCUT2D eigenvalue weighted by atomic mass is 19.1. The maximum atomic E-state index is 13.6. The van der Waals surface area contributed by atoms with Gasteiger partial charge in [0.1, 0.15) is 5.82 Å². The number of hydrogen-bond donors (Lipinski definition) is 1. The van der Waals surface area contributed by atoms with Crippen molar-refractivity contribution >= 4 is 5.97 Å². The fourth-order valence-corrected chi connectivity index (χ4v) is 1.22. The SMILES string of the molecule is CCc1cccc(CO[CH]C(=O)O)c1F. The molecule has 81 valence electrons. The van der Waals surface area contributed by atoms with E-state index in [0.717, 1.165) is 0 Å². The van der Waals surface area contributed by atoms with Gasteiger partial charge in [0, 0.05) is 5.56 Å². The second kappa shape index (κ2) is 5.46. The van der Waals surface area contributed by atoms with E-state index in [1.165, 1.54) is 0 Å². The maximum Gasteiger partial charge on any atom is 0.336 e. The van der Waals surface area contributed by atoms with Crippen LogP contribution in [0.2, 0.25) is 0 Å². The molecule has 0 saturated carbocycles. The lowest BCUT2D eigenvalue weighted by molar-refractivity contribution is -0.137. The molecule has 0 aromatic heterocycles. The summed E-state index contributed by atoms with van der Waals surface area (Å²) in [5.74, 6) is -1.50. The van der Waals surface area contributed by atoms with E-state index < -0.39 is 5.97 Å². The molecule has 0 unspecified atom stereocenters. The van der Waals surface area contributed by atoms with Gasteiger partial charge in [-0.1, -0.05) is 25.1 Å². The minimum atomic E-state index is -1.18. The highest BCUT2D eigenvalue weighted by Crippen LogP contribution is 2.14. The molecule has 1 aromatic rings. The number of rotatable bonds is 5. The van der Waals surface area contributed by atoms with Crippen LogP contribution in [-0.4, -0.2) is 11.1 Å². The maximum absolute atomic E-state index is 13.6. The first-order valence-electron chi connectivity index (χ1n) is 4.59. The van der Waals surface area contributed by atoms with Crippen molar-refractivity contribution in [3.05, 3.63) is 41.8 Å². The Bertz CT molecular complexity index is 350. The third kappa shape index (κ3) is 3.32. The molecule has 0 amide bonds. The number of halogens is 1. The molecule has 0 aliphatic rings. The third-order valence-corrected chi connectivity index (χ3v) is 1.96. The number of hydrogen-bond acceptors (Lipinski definition) is 2. The van der Waals surface area contributed by atoms with Gasteiger partial charge in [-0.05, 0) is 12.0 Å². The smallest absolute Gasteiger partial charge is 0.336 e. The topological polar surface area (TPSA) is 46.5 Å². The Hall–Kier alpha value is -1.42. The van der Waals surface area contributed by atoms with Gasteiger partial charge in [-0.3, -0.25) is 0 Å². The lowest BCUT2D eigenvalue weighted by Gasteiger charge is -2.06. The molecule has 0 aliphatic carbocycles. The van der Waals surface area contributed by atoms with Gasteiger partial charge in [-0.15, -0.1) is 0 Å². The first-order chi connectivity index (χ1) is 7.15. The summed E-state index contributed by atoms with van der Waals surface area (Å²) in [5, 5.41) is 8.29. The van der Waals surface area contributed by atoms with Crippen molar-refractivity contribution in [1.82, 2.24) is 0 Å². The van der Waals surface area contributed by atoms with E-state index in [9.17, 15) is 9.18 Å². The summed E-state index contributed by atoms with van der Waals surface area (Å²) in [6.07, 6.45) is 0.600. The average molecular weight is 211 g/mol. The van der Waals surface area contributed by atoms with Crippen LogP contribution in [0.25, 0.3) is 0 Å². The van der Waals surface area contributed by atoms with Crippen LogP contribution in [-0.2, 0) is 22.6 Å². The molecule has 3 nitrogen and oxygen atoms in total. The molecule has 0 aliphatic heterocycles. The van der Waals surface area contributed by atoms with Crippen molar-refractivity contribution in [1.29, 1.82) is 0 Å². The molecule has 0 fully saturated rings. The Morgan fingerprint density at radius 2 is 2.20 bits per heavy atom. The molecule has 1 N–H and O–H groups in total. The van der Waals surface area contributed by atoms with E-state index in [1.807, 2.05) is 6.92 Å². The van der Waals surface area contributed by atoms with Gasteiger partial charge >= 0.3 is 5.97 Å². The predicted molar refractivity (Wildman–Crippen MR) is 52.5 cm³/mol. The lowest BCUT2D eigenvalue weighted by atomic mass is 10.1. The highest BCUT2D eigenvalue weighted by Gasteiger charge is 2.07. The van der Waals surface area contributed by atoms with E-state index in [2.05, 4.69) is 0 Å². The molecule has 4 heteroatoms. The zero-order valence-corrected chi connectivity index (χ0v) is 8.37. The van der Waals surface area contributed by atoms with Crippen LogP contribution in [0.15, 0.2) is 18.2 Å². The van der Waals surface area contributed by atoms with E-state index in [0.29, 0.717) is 24.2 Å². The molecule has 15 heavy (non-hydrogen) atoms. The van der Waals surface area contributed by atoms with Gasteiger partial charge in [-0.25, -0.2) is 9.18 Å². The molecule has 1 radical (unpaired) electrons. The van der Waals surface area contributed by atoms with Crippen molar-refractivity contribution in [3.8, 4) is 0 Å². The van der Waals surface area contributed by atoms with Crippen LogP contribution in [0.3, 0.4) is 0 Å². The summed E-state index contributed by atoms with van der Waals surface area (Å²) < 4.78 is 18.3. The molecule has 0 spiro atoms. The minimum Gasteiger partial charge on any atom is -0.479 e. The summed E-state index contributed by atoms with van der Waals surface area (Å²) in [4.78, 5) is 10.1. The van der Waals surface area contributed by atoms with Crippen molar-refractivity contribution in [2.24, 2.45) is 0 Å². The Labute approximate surface area is 87.5 Å². The number of carboxylic acids is 1. The number of ether oxygens (including phenoxy) is 1. The summed E-state index contributed by atoms with van der Waals surface area (Å²) in [7, 11) is 0. The summed E-state index contributed by atoms with van der Waals surface area (Å²) in [6.45, 7) is 2.44. The number of aliphatic carboxylic acids is 1. The van der Waals surface area contributed by atoms with E-state index >= 15 is 0 Å². The Kier molecular flexibility index (Phi) is 4.24. The fourth-order valence-electron chi connectivity index (χ4n) is 1.22. The summed E-state index contributed by atoms with van der Waals surface area (Å²) >= 11 is 0. The van der Waals surface area contributed by atoms with Crippen LogP contribution >= 0.6 is 0 Å². The zero-order valence-electron chi connectivity index (χ0n) is 8.37. The van der Waals surface area contributed by atoms with Crippen molar-refractivity contribution in [2.45, 2.75) is 20.0 Å². The van der Waals surface area contributed by atoms with Gasteiger partial charge in [-0.2, -0.15) is 0 Å². The molecule has 1 aromatic carbocycles. The largest absolute Gasteiger partial charge is 0.479 e. The highest BCUT2D eigenvalue weighted by molar-refractivity contribution is 5.74. The molecule has 0 atom stereocenters. The van der Waals surface area contributed by atoms with Crippen LogP contribution in [0.5, 0.6) is 0 Å². The first-order valence-corrected chi connectivity index (χ1v) is 4.59. The molecular formula is C11H12FO3. The second-order valence-electron chi connectivity index (χ2n) is 3.01. The Morgan fingerprint density at radius 3 is 2.80 bits per heavy atom. The van der Waals surface area contributed by atoms with E-state index in [4.69, 9.17) is 9.84 Å². The number of carboxylic acid groups (broad SMARTS) is 1. The number of benzene rings is 1. The Balaban J connectivity index is 2.64. The number of aryl methyl sites for hydroxylation is 1. The van der Waals surface area contributed by atoms with Crippen molar-refractivity contribution in [3.63, 3.8) is 0 Å². The van der Waals surface area contributed by atoms with Gasteiger partial charge in [0.15, 0.2) is 6.61 Å². The summed E-state index contributed by atoms with van der Waals surface area (Å²) in [5.41, 5.74) is 0.971. The first kappa shape index (κ1) is 11.7. The van der Waals surface area contributed by atoms with Gasteiger partial charge in [0.25, 0.3) is 0 Å². The van der Waals surface area contributed by atoms with E-state index in [-0.39, 0.29) is 12.4 Å². The molecule has 0 bridgehead atoms. The van der Waals surface area contributed by atoms with Crippen LogP contribution in [0.4, 0.5) is 4.39 Å². The van der Waals surface area contributed by atoms with Gasteiger partial charge in [0.2, 0.25) is 0 Å². The standard InChI is InChI=1S/C11H12FO3/c1-2-8-4-3-5-9(11(8)12)6-15-7-10(13)14/h3-5,7H,2,6H2,1H3,(H,13,14). The molecule has 0 saturated heterocycles. The Morgan fingerprint density at radius 1 is 1.53 bits per heavy atom.